The first-order valence-corrected chi connectivity index (χ1v) is 7.68. The maximum atomic E-state index is 12.9. The Balaban J connectivity index is 1.96. The lowest BCUT2D eigenvalue weighted by Crippen LogP contribution is -2.27. The van der Waals surface area contributed by atoms with Crippen LogP contribution < -0.4 is 15.8 Å². The number of oxime groups is 1. The lowest BCUT2D eigenvalue weighted by atomic mass is 10.2. The van der Waals surface area contributed by atoms with Crippen molar-refractivity contribution in [1.29, 1.82) is 0 Å². The molecule has 0 bridgehead atoms. The number of amides is 1. The van der Waals surface area contributed by atoms with Gasteiger partial charge in [-0.3, -0.25) is 4.79 Å². The van der Waals surface area contributed by atoms with Crippen LogP contribution in [-0.2, 0) is 9.63 Å². The number of carbonyl (C=O) groups is 1. The molecule has 2 aromatic carbocycles. The molecule has 0 fully saturated rings. The molecule has 132 valence electrons. The molecule has 0 aliphatic carbocycles. The van der Waals surface area contributed by atoms with Gasteiger partial charge in [0.1, 0.15) is 11.6 Å². The van der Waals surface area contributed by atoms with Crippen molar-refractivity contribution in [1.82, 2.24) is 0 Å². The molecular weight excluding hydrogens is 349 g/mol. The second-order valence-electron chi connectivity index (χ2n) is 5.07. The second-order valence-corrected chi connectivity index (χ2v) is 5.48. The molecule has 2 aromatic rings. The molecule has 8 heteroatoms. The van der Waals surface area contributed by atoms with Gasteiger partial charge < -0.3 is 20.6 Å². The van der Waals surface area contributed by atoms with E-state index in [1.807, 2.05) is 0 Å². The molecule has 0 radical (unpaired) electrons. The van der Waals surface area contributed by atoms with Crippen LogP contribution in [0.1, 0.15) is 12.5 Å². The molecule has 0 aromatic heterocycles. The highest BCUT2D eigenvalue weighted by atomic mass is 35.5. The Hall–Kier alpha value is -2.80. The average Bonchev–Trinajstić information content (AvgIpc) is 2.60. The Bertz CT molecular complexity index is 781. The molecule has 6 nitrogen and oxygen atoms in total. The molecular formula is C17H17ClFN3O3. The van der Waals surface area contributed by atoms with Crippen LogP contribution in [0.5, 0.6) is 5.75 Å². The summed E-state index contributed by atoms with van der Waals surface area (Å²) in [7, 11) is 1.50. The third-order valence-corrected chi connectivity index (χ3v) is 3.53. The first-order chi connectivity index (χ1) is 11.9. The van der Waals surface area contributed by atoms with E-state index < -0.39 is 12.0 Å². The third-order valence-electron chi connectivity index (χ3n) is 3.24. The van der Waals surface area contributed by atoms with E-state index in [-0.39, 0.29) is 11.7 Å². The second kappa shape index (κ2) is 8.34. The SMILES string of the molecule is COc1ccc(NC(=O)C(C)O/N=C(\N)c2ccc(F)cc2)cc1Cl. The van der Waals surface area contributed by atoms with Crippen LogP contribution in [0, 0.1) is 5.82 Å². The fraction of sp³-hybridized carbons (Fsp3) is 0.176. The van der Waals surface area contributed by atoms with E-state index >= 15 is 0 Å². The van der Waals surface area contributed by atoms with Gasteiger partial charge in [-0.2, -0.15) is 0 Å². The summed E-state index contributed by atoms with van der Waals surface area (Å²) in [6.07, 6.45) is -0.903. The zero-order valence-corrected chi connectivity index (χ0v) is 14.4. The minimum atomic E-state index is -0.903. The van der Waals surface area contributed by atoms with Crippen molar-refractivity contribution in [2.45, 2.75) is 13.0 Å². The molecule has 0 saturated carbocycles. The molecule has 0 saturated heterocycles. The Kier molecular flexibility index (Phi) is 6.19. The van der Waals surface area contributed by atoms with Crippen LogP contribution in [0.25, 0.3) is 0 Å². The highest BCUT2D eigenvalue weighted by Gasteiger charge is 2.15. The van der Waals surface area contributed by atoms with Gasteiger partial charge in [0, 0.05) is 11.3 Å². The van der Waals surface area contributed by atoms with Crippen LogP contribution >= 0.6 is 11.6 Å². The Morgan fingerprint density at radius 3 is 2.56 bits per heavy atom. The summed E-state index contributed by atoms with van der Waals surface area (Å²) in [6.45, 7) is 1.52. The number of hydrogen-bond acceptors (Lipinski definition) is 4. The van der Waals surface area contributed by atoms with Crippen molar-refractivity contribution in [3.63, 3.8) is 0 Å². The number of anilines is 1. The number of nitrogens with zero attached hydrogens (tertiary/aromatic N) is 1. The predicted molar refractivity (Wildman–Crippen MR) is 94.3 cm³/mol. The molecule has 1 unspecified atom stereocenters. The van der Waals surface area contributed by atoms with Gasteiger partial charge in [-0.15, -0.1) is 0 Å². The average molecular weight is 366 g/mol. The number of nitrogens with one attached hydrogen (secondary N) is 1. The van der Waals surface area contributed by atoms with Gasteiger partial charge in [0.15, 0.2) is 5.84 Å². The van der Waals surface area contributed by atoms with Gasteiger partial charge in [0.2, 0.25) is 6.10 Å². The monoisotopic (exact) mass is 365 g/mol. The summed E-state index contributed by atoms with van der Waals surface area (Å²) in [5, 5.41) is 6.71. The number of rotatable bonds is 6. The number of halogens is 2. The number of methoxy groups -OCH3 is 1. The van der Waals surface area contributed by atoms with Crippen molar-refractivity contribution in [2.75, 3.05) is 12.4 Å². The largest absolute Gasteiger partial charge is 0.495 e. The zero-order chi connectivity index (χ0) is 18.4. The number of benzene rings is 2. The van der Waals surface area contributed by atoms with Crippen molar-refractivity contribution in [3.8, 4) is 5.75 Å². The van der Waals surface area contributed by atoms with Crippen LogP contribution in [0.15, 0.2) is 47.6 Å². The van der Waals surface area contributed by atoms with Gasteiger partial charge in [-0.1, -0.05) is 16.8 Å². The van der Waals surface area contributed by atoms with E-state index in [1.165, 1.54) is 38.3 Å². The quantitative estimate of drug-likeness (QED) is 0.468. The van der Waals surface area contributed by atoms with Crippen molar-refractivity contribution in [3.05, 3.63) is 58.9 Å². The fourth-order valence-electron chi connectivity index (χ4n) is 1.85. The number of amidine groups is 1. The lowest BCUT2D eigenvalue weighted by molar-refractivity contribution is -0.126. The van der Waals surface area contributed by atoms with E-state index in [9.17, 15) is 9.18 Å². The maximum Gasteiger partial charge on any atom is 0.267 e. The lowest BCUT2D eigenvalue weighted by Gasteiger charge is -2.12. The van der Waals surface area contributed by atoms with Crippen LogP contribution in [0.3, 0.4) is 0 Å². The summed E-state index contributed by atoms with van der Waals surface area (Å²) in [6, 6.07) is 10.3. The minimum absolute atomic E-state index is 0.0344. The molecule has 1 atom stereocenters. The van der Waals surface area contributed by atoms with E-state index in [2.05, 4.69) is 10.5 Å². The van der Waals surface area contributed by atoms with Gasteiger partial charge >= 0.3 is 0 Å². The Labute approximate surface area is 149 Å². The maximum absolute atomic E-state index is 12.9. The van der Waals surface area contributed by atoms with E-state index in [1.54, 1.807) is 18.2 Å². The summed E-state index contributed by atoms with van der Waals surface area (Å²) < 4.78 is 17.9. The predicted octanol–water partition coefficient (Wildman–Crippen LogP) is 3.15. The van der Waals surface area contributed by atoms with Crippen molar-refractivity contribution >= 4 is 29.0 Å². The number of nitrogens with two attached hydrogens (primary N) is 1. The van der Waals surface area contributed by atoms with Crippen LogP contribution in [0.4, 0.5) is 10.1 Å². The molecule has 0 spiro atoms. The van der Waals surface area contributed by atoms with E-state index in [0.717, 1.165) is 0 Å². The topological polar surface area (TPSA) is 85.9 Å². The van der Waals surface area contributed by atoms with Gasteiger partial charge in [0.25, 0.3) is 5.91 Å². The summed E-state index contributed by atoms with van der Waals surface area (Å²) >= 11 is 6.00. The highest BCUT2D eigenvalue weighted by Crippen LogP contribution is 2.27. The zero-order valence-electron chi connectivity index (χ0n) is 13.6. The third kappa shape index (κ3) is 5.09. The number of hydrogen-bond donors (Lipinski definition) is 2. The van der Waals surface area contributed by atoms with Crippen molar-refractivity contribution < 1.29 is 18.8 Å². The Morgan fingerprint density at radius 2 is 1.96 bits per heavy atom. The summed E-state index contributed by atoms with van der Waals surface area (Å²) in [5.74, 6) is -0.284. The first-order valence-electron chi connectivity index (χ1n) is 7.30. The smallest absolute Gasteiger partial charge is 0.267 e. The van der Waals surface area contributed by atoms with E-state index in [4.69, 9.17) is 26.9 Å². The van der Waals surface area contributed by atoms with E-state index in [0.29, 0.717) is 22.0 Å². The number of carbonyl (C=O) groups excluding carboxylic acids is 1. The fourth-order valence-corrected chi connectivity index (χ4v) is 2.10. The normalized spacial score (nSPS) is 12.4. The van der Waals surface area contributed by atoms with Gasteiger partial charge in [-0.25, -0.2) is 4.39 Å². The molecule has 25 heavy (non-hydrogen) atoms. The molecule has 0 aliphatic heterocycles. The molecule has 1 amide bonds. The minimum Gasteiger partial charge on any atom is -0.495 e. The summed E-state index contributed by atoms with van der Waals surface area (Å²) in [4.78, 5) is 17.2. The van der Waals surface area contributed by atoms with Crippen molar-refractivity contribution in [2.24, 2.45) is 10.9 Å². The van der Waals surface area contributed by atoms with Gasteiger partial charge in [0.05, 0.1) is 12.1 Å². The first kappa shape index (κ1) is 18.5. The van der Waals surface area contributed by atoms with Crippen LogP contribution in [-0.4, -0.2) is 25.0 Å². The van der Waals surface area contributed by atoms with Crippen LogP contribution in [0.2, 0.25) is 5.02 Å². The van der Waals surface area contributed by atoms with Gasteiger partial charge in [-0.05, 0) is 49.4 Å². The molecule has 0 aliphatic rings. The highest BCUT2D eigenvalue weighted by molar-refractivity contribution is 6.32. The summed E-state index contributed by atoms with van der Waals surface area (Å²) in [5.41, 5.74) is 6.71. The Morgan fingerprint density at radius 1 is 1.28 bits per heavy atom. The molecule has 0 heterocycles. The standard InChI is InChI=1S/C17H17ClFN3O3/c1-10(25-22-16(20)11-3-5-12(19)6-4-11)17(23)21-13-7-8-15(24-2)14(18)9-13/h3-10H,1-2H3,(H2,20,22)(H,21,23). The molecule has 3 N–H and O–H groups in total. The number of ether oxygens (including phenoxy) is 1. The molecule has 2 rings (SSSR count).